The minimum atomic E-state index is -4.68. The number of hydrogen-bond donors (Lipinski definition) is 1. The quantitative estimate of drug-likeness (QED) is 0.457. The number of carbonyl (C=O) groups excluding carboxylic acids is 1. The Morgan fingerprint density at radius 1 is 1.15 bits per heavy atom. The first-order valence-corrected chi connectivity index (χ1v) is 10.5. The van der Waals surface area contributed by atoms with Crippen LogP contribution in [0, 0.1) is 0 Å². The maximum atomic E-state index is 13.8. The lowest BCUT2D eigenvalue weighted by Gasteiger charge is -2.11. The third-order valence-corrected chi connectivity index (χ3v) is 5.29. The number of nitrogens with zero attached hydrogens (tertiary/aromatic N) is 5. The van der Waals surface area contributed by atoms with Crippen molar-refractivity contribution in [3.8, 4) is 11.3 Å². The predicted octanol–water partition coefficient (Wildman–Crippen LogP) is 4.68. The van der Waals surface area contributed by atoms with E-state index in [9.17, 15) is 18.0 Å². The number of carbonyl (C=O) groups is 1. The molecular weight excluding hydrogens is 433 g/mol. The van der Waals surface area contributed by atoms with Gasteiger partial charge in [-0.1, -0.05) is 38.1 Å². The second-order valence-corrected chi connectivity index (χ2v) is 7.99. The largest absolute Gasteiger partial charge is 0.433 e. The van der Waals surface area contributed by atoms with E-state index in [2.05, 4.69) is 20.5 Å². The van der Waals surface area contributed by atoms with Gasteiger partial charge in [0.2, 0.25) is 0 Å². The van der Waals surface area contributed by atoms with E-state index < -0.39 is 17.8 Å². The third-order valence-electron chi connectivity index (χ3n) is 5.29. The number of aryl methyl sites for hydroxylation is 1. The number of halogens is 3. The second kappa shape index (κ2) is 8.68. The van der Waals surface area contributed by atoms with E-state index in [1.165, 1.54) is 6.07 Å². The molecule has 0 aliphatic rings. The van der Waals surface area contributed by atoms with E-state index in [1.807, 2.05) is 32.9 Å². The number of benzene rings is 1. The zero-order chi connectivity index (χ0) is 23.8. The van der Waals surface area contributed by atoms with Gasteiger partial charge in [-0.2, -0.15) is 23.4 Å². The average Bonchev–Trinajstić information content (AvgIpc) is 3.42. The van der Waals surface area contributed by atoms with E-state index in [-0.39, 0.29) is 23.6 Å². The van der Waals surface area contributed by atoms with Crippen molar-refractivity contribution in [2.75, 3.05) is 0 Å². The number of aromatic nitrogens is 5. The predicted molar refractivity (Wildman–Crippen MR) is 117 cm³/mol. The molecule has 0 aliphatic carbocycles. The van der Waals surface area contributed by atoms with Crippen molar-refractivity contribution in [3.05, 3.63) is 71.3 Å². The first kappa shape index (κ1) is 22.5. The normalized spacial score (nSPS) is 12.0. The molecule has 172 valence electrons. The molecule has 33 heavy (non-hydrogen) atoms. The van der Waals surface area contributed by atoms with Crippen LogP contribution in [0.3, 0.4) is 0 Å². The average molecular weight is 456 g/mol. The van der Waals surface area contributed by atoms with Gasteiger partial charge < -0.3 is 5.32 Å². The Balaban J connectivity index is 1.67. The van der Waals surface area contributed by atoms with Gasteiger partial charge in [-0.25, -0.2) is 9.50 Å². The molecule has 1 amide bonds. The fraction of sp³-hybridized carbons (Fsp3) is 0.304. The van der Waals surface area contributed by atoms with Crippen LogP contribution in [0.15, 0.2) is 48.8 Å². The smallest absolute Gasteiger partial charge is 0.346 e. The lowest BCUT2D eigenvalue weighted by molar-refractivity contribution is -0.142. The highest BCUT2D eigenvalue weighted by Gasteiger charge is 2.35. The number of nitrogens with one attached hydrogen (secondary N) is 1. The van der Waals surface area contributed by atoms with Crippen LogP contribution in [-0.2, 0) is 19.3 Å². The minimum Gasteiger partial charge on any atom is -0.346 e. The number of alkyl halides is 3. The molecule has 0 saturated carbocycles. The highest BCUT2D eigenvalue weighted by molar-refractivity contribution is 5.93. The van der Waals surface area contributed by atoms with Gasteiger partial charge in [-0.05, 0) is 24.5 Å². The number of fused-ring (bicyclic) bond motifs is 1. The van der Waals surface area contributed by atoms with Gasteiger partial charge in [0, 0.05) is 36.5 Å². The lowest BCUT2D eigenvalue weighted by atomic mass is 10.0. The molecule has 3 heterocycles. The van der Waals surface area contributed by atoms with Gasteiger partial charge in [0.1, 0.15) is 0 Å². The summed E-state index contributed by atoms with van der Waals surface area (Å²) in [5.41, 5.74) is 1.34. The summed E-state index contributed by atoms with van der Waals surface area (Å²) in [5, 5.41) is 10.7. The Hall–Kier alpha value is -3.69. The molecular formula is C23H23F3N6O. The molecule has 10 heteroatoms. The molecule has 0 spiro atoms. The lowest BCUT2D eigenvalue weighted by Crippen LogP contribution is -2.23. The van der Waals surface area contributed by atoms with E-state index >= 15 is 0 Å². The van der Waals surface area contributed by atoms with Crippen molar-refractivity contribution in [2.45, 2.75) is 46.0 Å². The van der Waals surface area contributed by atoms with E-state index in [0.717, 1.165) is 17.2 Å². The monoisotopic (exact) mass is 456 g/mol. The molecule has 1 aromatic carbocycles. The number of rotatable bonds is 6. The highest BCUT2D eigenvalue weighted by atomic mass is 19.4. The van der Waals surface area contributed by atoms with Gasteiger partial charge in [0.25, 0.3) is 5.91 Å². The zero-order valence-corrected chi connectivity index (χ0v) is 18.4. The van der Waals surface area contributed by atoms with Crippen molar-refractivity contribution in [3.63, 3.8) is 0 Å². The van der Waals surface area contributed by atoms with Crippen LogP contribution < -0.4 is 5.32 Å². The number of amides is 1. The molecule has 0 fully saturated rings. The molecule has 0 unspecified atom stereocenters. The molecule has 0 bridgehead atoms. The summed E-state index contributed by atoms with van der Waals surface area (Å²) in [7, 11) is 0. The second-order valence-electron chi connectivity index (χ2n) is 7.99. The highest BCUT2D eigenvalue weighted by Crippen LogP contribution is 2.32. The van der Waals surface area contributed by atoms with E-state index in [4.69, 9.17) is 0 Å². The van der Waals surface area contributed by atoms with Crippen LogP contribution in [-0.4, -0.2) is 30.3 Å². The summed E-state index contributed by atoms with van der Waals surface area (Å²) in [6.45, 7) is 6.88. The standard InChI is InChI=1S/C23H23F3N6O/c1-4-31-13-15(12-28-31)11-27-22(33)19-10-21-29-18(9-20(23(24,25)26)32(21)30-19)17-7-5-16(6-8-17)14(2)3/h5-10,12-14H,4,11H2,1-3H3,(H,27,33). The first-order valence-electron chi connectivity index (χ1n) is 10.5. The van der Waals surface area contributed by atoms with Crippen molar-refractivity contribution in [2.24, 2.45) is 0 Å². The van der Waals surface area contributed by atoms with E-state index in [1.54, 1.807) is 29.2 Å². The molecule has 7 nitrogen and oxygen atoms in total. The SMILES string of the molecule is CCn1cc(CNC(=O)c2cc3nc(-c4ccc(C(C)C)cc4)cc(C(F)(F)F)n3n2)cn1. The molecule has 3 aromatic heterocycles. The summed E-state index contributed by atoms with van der Waals surface area (Å²) in [6, 6.07) is 9.44. The Morgan fingerprint density at radius 2 is 1.88 bits per heavy atom. The molecule has 0 aliphatic heterocycles. The van der Waals surface area contributed by atoms with Crippen LogP contribution in [0.25, 0.3) is 16.9 Å². The molecule has 4 rings (SSSR count). The topological polar surface area (TPSA) is 77.1 Å². The first-order chi connectivity index (χ1) is 15.7. The Bertz CT molecular complexity index is 1290. The van der Waals surface area contributed by atoms with Crippen molar-refractivity contribution >= 4 is 11.6 Å². The molecule has 1 N–H and O–H groups in total. The van der Waals surface area contributed by atoms with E-state index in [0.29, 0.717) is 22.5 Å². The Labute approximate surface area is 188 Å². The van der Waals surface area contributed by atoms with Crippen molar-refractivity contribution in [1.82, 2.24) is 29.7 Å². The van der Waals surface area contributed by atoms with Gasteiger partial charge in [-0.15, -0.1) is 0 Å². The minimum absolute atomic E-state index is 0.0586. The summed E-state index contributed by atoms with van der Waals surface area (Å²) in [6.07, 6.45) is -1.28. The van der Waals surface area contributed by atoms with Crippen LogP contribution in [0.2, 0.25) is 0 Å². The van der Waals surface area contributed by atoms with Gasteiger partial charge >= 0.3 is 6.18 Å². The van der Waals surface area contributed by atoms with Gasteiger partial charge in [-0.3, -0.25) is 9.48 Å². The van der Waals surface area contributed by atoms with Crippen LogP contribution >= 0.6 is 0 Å². The van der Waals surface area contributed by atoms with Crippen molar-refractivity contribution < 1.29 is 18.0 Å². The van der Waals surface area contributed by atoms with Gasteiger partial charge in [0.05, 0.1) is 11.9 Å². The molecule has 0 saturated heterocycles. The van der Waals surface area contributed by atoms with Gasteiger partial charge in [0.15, 0.2) is 17.0 Å². The van der Waals surface area contributed by atoms with Crippen molar-refractivity contribution in [1.29, 1.82) is 0 Å². The molecule has 4 aromatic rings. The molecule has 0 radical (unpaired) electrons. The zero-order valence-electron chi connectivity index (χ0n) is 18.4. The number of hydrogen-bond acceptors (Lipinski definition) is 4. The summed E-state index contributed by atoms with van der Waals surface area (Å²) >= 11 is 0. The Kier molecular flexibility index (Phi) is 5.92. The maximum Gasteiger partial charge on any atom is 0.433 e. The fourth-order valence-electron chi connectivity index (χ4n) is 3.42. The summed E-state index contributed by atoms with van der Waals surface area (Å²) in [4.78, 5) is 16.9. The fourth-order valence-corrected chi connectivity index (χ4v) is 3.42. The van der Waals surface area contributed by atoms with Crippen LogP contribution in [0.5, 0.6) is 0 Å². The maximum absolute atomic E-state index is 13.8. The summed E-state index contributed by atoms with van der Waals surface area (Å²) < 4.78 is 43.8. The molecule has 0 atom stereocenters. The van der Waals surface area contributed by atoms with Crippen LogP contribution in [0.4, 0.5) is 13.2 Å². The van der Waals surface area contributed by atoms with Crippen LogP contribution in [0.1, 0.15) is 54.0 Å². The Morgan fingerprint density at radius 3 is 2.48 bits per heavy atom. The third kappa shape index (κ3) is 4.74. The summed E-state index contributed by atoms with van der Waals surface area (Å²) in [5.74, 6) is -0.298.